The van der Waals surface area contributed by atoms with E-state index in [-0.39, 0.29) is 0 Å². The van der Waals surface area contributed by atoms with Gasteiger partial charge in [0.2, 0.25) is 0 Å². The first-order chi connectivity index (χ1) is 7.38. The van der Waals surface area contributed by atoms with Gasteiger partial charge in [0, 0.05) is 5.69 Å². The van der Waals surface area contributed by atoms with Crippen molar-refractivity contribution in [3.8, 4) is 6.07 Å². The van der Waals surface area contributed by atoms with Crippen LogP contribution in [-0.2, 0) is 12.8 Å². The molecule has 0 aliphatic rings. The predicted molar refractivity (Wildman–Crippen MR) is 59.4 cm³/mol. The topological polar surface area (TPSA) is 39.6 Å². The van der Waals surface area contributed by atoms with Gasteiger partial charge in [-0.05, 0) is 30.5 Å². The summed E-state index contributed by atoms with van der Waals surface area (Å²) in [4.78, 5) is 3.07. The summed E-state index contributed by atoms with van der Waals surface area (Å²) in [6.07, 6.45) is 1.96. The summed E-state index contributed by atoms with van der Waals surface area (Å²) in [6, 6.07) is 16.2. The van der Waals surface area contributed by atoms with E-state index in [0.717, 1.165) is 18.5 Å². The van der Waals surface area contributed by atoms with Gasteiger partial charge in [0.05, 0.1) is 0 Å². The SMILES string of the molecule is N#Cc1ccc(CCc2ccccc2)[nH]1. The highest BCUT2D eigenvalue weighted by atomic mass is 14.7. The summed E-state index contributed by atoms with van der Waals surface area (Å²) < 4.78 is 0. The Kier molecular flexibility index (Phi) is 2.85. The molecule has 1 aromatic heterocycles. The normalized spacial score (nSPS) is 9.80. The maximum atomic E-state index is 8.65. The Morgan fingerprint density at radius 1 is 1.00 bits per heavy atom. The number of rotatable bonds is 3. The summed E-state index contributed by atoms with van der Waals surface area (Å²) in [5, 5.41) is 8.65. The lowest BCUT2D eigenvalue weighted by Gasteiger charge is -1.98. The summed E-state index contributed by atoms with van der Waals surface area (Å²) in [7, 11) is 0. The Balaban J connectivity index is 1.97. The van der Waals surface area contributed by atoms with Gasteiger partial charge >= 0.3 is 0 Å². The number of nitrogens with one attached hydrogen (secondary N) is 1. The van der Waals surface area contributed by atoms with Gasteiger partial charge in [-0.3, -0.25) is 0 Å². The smallest absolute Gasteiger partial charge is 0.117 e. The zero-order valence-corrected chi connectivity index (χ0v) is 8.40. The molecular formula is C13H12N2. The second kappa shape index (κ2) is 4.47. The van der Waals surface area contributed by atoms with Crippen LogP contribution in [0.15, 0.2) is 42.5 Å². The van der Waals surface area contributed by atoms with Crippen LogP contribution in [0.1, 0.15) is 17.0 Å². The first kappa shape index (κ1) is 9.54. The first-order valence-corrected chi connectivity index (χ1v) is 5.00. The Hall–Kier alpha value is -2.01. The van der Waals surface area contributed by atoms with E-state index in [1.807, 2.05) is 30.3 Å². The largest absolute Gasteiger partial charge is 0.350 e. The Morgan fingerprint density at radius 2 is 1.80 bits per heavy atom. The number of aromatic amines is 1. The predicted octanol–water partition coefficient (Wildman–Crippen LogP) is 2.67. The molecule has 0 atom stereocenters. The minimum atomic E-state index is 0.637. The zero-order chi connectivity index (χ0) is 10.5. The molecule has 2 aromatic rings. The number of nitriles is 1. The van der Waals surface area contributed by atoms with Crippen molar-refractivity contribution in [1.29, 1.82) is 5.26 Å². The van der Waals surface area contributed by atoms with Crippen LogP contribution in [0, 0.1) is 11.3 Å². The molecule has 0 saturated carbocycles. The molecule has 1 N–H and O–H groups in total. The molecule has 0 unspecified atom stereocenters. The Bertz CT molecular complexity index is 463. The summed E-state index contributed by atoms with van der Waals surface area (Å²) >= 11 is 0. The lowest BCUT2D eigenvalue weighted by atomic mass is 10.1. The van der Waals surface area contributed by atoms with Crippen molar-refractivity contribution in [3.63, 3.8) is 0 Å². The van der Waals surface area contributed by atoms with Gasteiger partial charge in [0.1, 0.15) is 11.8 Å². The molecule has 15 heavy (non-hydrogen) atoms. The second-order valence-corrected chi connectivity index (χ2v) is 3.49. The first-order valence-electron chi connectivity index (χ1n) is 5.00. The highest BCUT2D eigenvalue weighted by Gasteiger charge is 1.98. The molecule has 0 amide bonds. The van der Waals surface area contributed by atoms with E-state index in [1.165, 1.54) is 5.56 Å². The quantitative estimate of drug-likeness (QED) is 0.805. The Morgan fingerprint density at radius 3 is 2.47 bits per heavy atom. The average molecular weight is 196 g/mol. The van der Waals surface area contributed by atoms with Crippen LogP contribution >= 0.6 is 0 Å². The second-order valence-electron chi connectivity index (χ2n) is 3.49. The molecule has 0 bridgehead atoms. The van der Waals surface area contributed by atoms with Crippen molar-refractivity contribution in [2.45, 2.75) is 12.8 Å². The lowest BCUT2D eigenvalue weighted by Crippen LogP contribution is -1.91. The van der Waals surface area contributed by atoms with Gasteiger partial charge in [-0.1, -0.05) is 30.3 Å². The number of aromatic nitrogens is 1. The van der Waals surface area contributed by atoms with E-state index in [9.17, 15) is 0 Å². The molecule has 1 aromatic carbocycles. The van der Waals surface area contributed by atoms with E-state index in [4.69, 9.17) is 5.26 Å². The monoisotopic (exact) mass is 196 g/mol. The van der Waals surface area contributed by atoms with Crippen LogP contribution in [0.4, 0.5) is 0 Å². The highest BCUT2D eigenvalue weighted by Crippen LogP contribution is 2.06. The van der Waals surface area contributed by atoms with Crippen molar-refractivity contribution in [3.05, 3.63) is 59.4 Å². The van der Waals surface area contributed by atoms with Gasteiger partial charge < -0.3 is 4.98 Å². The maximum Gasteiger partial charge on any atom is 0.117 e. The molecule has 0 aliphatic carbocycles. The maximum absolute atomic E-state index is 8.65. The van der Waals surface area contributed by atoms with Gasteiger partial charge in [-0.15, -0.1) is 0 Å². The third-order valence-electron chi connectivity index (χ3n) is 2.39. The van der Waals surface area contributed by atoms with Crippen molar-refractivity contribution >= 4 is 0 Å². The van der Waals surface area contributed by atoms with Crippen LogP contribution in [0.25, 0.3) is 0 Å². The molecule has 0 saturated heterocycles. The molecular weight excluding hydrogens is 184 g/mol. The fourth-order valence-corrected chi connectivity index (χ4v) is 1.57. The molecule has 0 fully saturated rings. The number of nitrogens with zero attached hydrogens (tertiary/aromatic N) is 1. The fraction of sp³-hybridized carbons (Fsp3) is 0.154. The molecule has 74 valence electrons. The van der Waals surface area contributed by atoms with Crippen molar-refractivity contribution < 1.29 is 0 Å². The van der Waals surface area contributed by atoms with Crippen LogP contribution < -0.4 is 0 Å². The van der Waals surface area contributed by atoms with Crippen molar-refractivity contribution in [2.75, 3.05) is 0 Å². The zero-order valence-electron chi connectivity index (χ0n) is 8.40. The minimum Gasteiger partial charge on any atom is -0.350 e. The lowest BCUT2D eigenvalue weighted by molar-refractivity contribution is 0.923. The van der Waals surface area contributed by atoms with Gasteiger partial charge in [-0.25, -0.2) is 0 Å². The van der Waals surface area contributed by atoms with E-state index < -0.39 is 0 Å². The average Bonchev–Trinajstić information content (AvgIpc) is 2.76. The molecule has 0 radical (unpaired) electrons. The summed E-state index contributed by atoms with van der Waals surface area (Å²) in [5.74, 6) is 0. The third kappa shape index (κ3) is 2.47. The number of benzene rings is 1. The Labute approximate surface area is 89.2 Å². The van der Waals surface area contributed by atoms with Crippen LogP contribution in [0.5, 0.6) is 0 Å². The van der Waals surface area contributed by atoms with E-state index >= 15 is 0 Å². The third-order valence-corrected chi connectivity index (χ3v) is 2.39. The summed E-state index contributed by atoms with van der Waals surface area (Å²) in [5.41, 5.74) is 3.08. The molecule has 0 spiro atoms. The van der Waals surface area contributed by atoms with Crippen LogP contribution in [0.2, 0.25) is 0 Å². The van der Waals surface area contributed by atoms with E-state index in [2.05, 4.69) is 23.2 Å². The molecule has 2 rings (SSSR count). The molecule has 0 aliphatic heterocycles. The molecule has 1 heterocycles. The number of hydrogen-bond acceptors (Lipinski definition) is 1. The van der Waals surface area contributed by atoms with Gasteiger partial charge in [0.25, 0.3) is 0 Å². The van der Waals surface area contributed by atoms with Crippen molar-refractivity contribution in [1.82, 2.24) is 4.98 Å². The fourth-order valence-electron chi connectivity index (χ4n) is 1.57. The minimum absolute atomic E-state index is 0.637. The van der Waals surface area contributed by atoms with E-state index in [0.29, 0.717) is 5.69 Å². The van der Waals surface area contributed by atoms with Crippen LogP contribution in [-0.4, -0.2) is 4.98 Å². The van der Waals surface area contributed by atoms with E-state index in [1.54, 1.807) is 0 Å². The highest BCUT2D eigenvalue weighted by molar-refractivity contribution is 5.25. The van der Waals surface area contributed by atoms with Gasteiger partial charge in [0.15, 0.2) is 0 Å². The molecule has 2 heteroatoms. The standard InChI is InChI=1S/C13H12N2/c14-10-13-9-8-12(15-13)7-6-11-4-2-1-3-5-11/h1-5,8-9,15H,6-7H2. The summed E-state index contributed by atoms with van der Waals surface area (Å²) in [6.45, 7) is 0. The number of H-pyrrole nitrogens is 1. The van der Waals surface area contributed by atoms with Crippen molar-refractivity contribution in [2.24, 2.45) is 0 Å². The number of hydrogen-bond donors (Lipinski definition) is 1. The van der Waals surface area contributed by atoms with Crippen LogP contribution in [0.3, 0.4) is 0 Å². The molecule has 2 nitrogen and oxygen atoms in total. The number of aryl methyl sites for hydroxylation is 2. The van der Waals surface area contributed by atoms with Gasteiger partial charge in [-0.2, -0.15) is 5.26 Å².